The molecule has 0 spiro atoms. The number of nitrogens with two attached hydrogens (primary N) is 1. The number of aromatic carboxylic acids is 1. The molecule has 1 aliphatic rings. The molecular weight excluding hydrogens is 279 g/mol. The van der Waals surface area contributed by atoms with Crippen LogP contribution in [0.3, 0.4) is 0 Å². The fraction of sp³-hybridized carbons (Fsp3) is 0.286. The van der Waals surface area contributed by atoms with Crippen LogP contribution in [0.15, 0.2) is 11.0 Å². The van der Waals surface area contributed by atoms with Gasteiger partial charge in [-0.1, -0.05) is 0 Å². The first-order valence-electron chi connectivity index (χ1n) is 6.37. The number of ether oxygens (including phenoxy) is 1. The number of pyridine rings is 1. The number of benzene rings is 1. The van der Waals surface area contributed by atoms with Crippen LogP contribution in [-0.4, -0.2) is 22.2 Å². The molecule has 2 heterocycles. The van der Waals surface area contributed by atoms with Crippen molar-refractivity contribution in [3.63, 3.8) is 0 Å². The molecule has 1 aromatic heterocycles. The van der Waals surface area contributed by atoms with E-state index in [-0.39, 0.29) is 35.0 Å². The number of anilines is 1. The first-order valence-corrected chi connectivity index (χ1v) is 6.37. The first kappa shape index (κ1) is 13.4. The van der Waals surface area contributed by atoms with Gasteiger partial charge in [-0.25, -0.2) is 9.18 Å². The monoisotopic (exact) mass is 292 g/mol. The third-order valence-electron chi connectivity index (χ3n) is 3.80. The van der Waals surface area contributed by atoms with Crippen molar-refractivity contribution < 1.29 is 19.0 Å². The van der Waals surface area contributed by atoms with Gasteiger partial charge in [-0.15, -0.1) is 0 Å². The lowest BCUT2D eigenvalue weighted by Gasteiger charge is -2.28. The minimum atomic E-state index is -1.37. The molecular formula is C14H13FN2O4. The number of rotatable bonds is 1. The Balaban J connectivity index is 2.64. The summed E-state index contributed by atoms with van der Waals surface area (Å²) in [6.45, 7) is 3.58. The normalized spacial score (nSPS) is 16.8. The quantitative estimate of drug-likeness (QED) is 0.780. The second-order valence-electron chi connectivity index (χ2n) is 5.15. The molecule has 1 aromatic carbocycles. The van der Waals surface area contributed by atoms with E-state index in [9.17, 15) is 14.0 Å². The van der Waals surface area contributed by atoms with Crippen LogP contribution >= 0.6 is 0 Å². The van der Waals surface area contributed by atoms with Gasteiger partial charge in [0, 0.05) is 11.8 Å². The molecule has 6 nitrogen and oxygen atoms in total. The molecule has 110 valence electrons. The fourth-order valence-electron chi connectivity index (χ4n) is 2.66. The molecule has 0 unspecified atom stereocenters. The number of carboxylic acids is 1. The predicted molar refractivity (Wildman–Crippen MR) is 74.5 cm³/mol. The van der Waals surface area contributed by atoms with Crippen LogP contribution in [0.25, 0.3) is 10.9 Å². The zero-order chi connectivity index (χ0) is 15.5. The SMILES string of the molecule is Cc1c(F)c(N)c2c(=O)c(C(=O)O)cn3c2c1OC[C@@H]3C. The highest BCUT2D eigenvalue weighted by Crippen LogP contribution is 2.39. The van der Waals surface area contributed by atoms with Gasteiger partial charge in [0.25, 0.3) is 0 Å². The maximum Gasteiger partial charge on any atom is 0.341 e. The van der Waals surface area contributed by atoms with Crippen LogP contribution in [0.1, 0.15) is 28.9 Å². The van der Waals surface area contributed by atoms with E-state index in [0.29, 0.717) is 5.52 Å². The molecule has 0 amide bonds. The first-order chi connectivity index (χ1) is 9.84. The van der Waals surface area contributed by atoms with E-state index in [2.05, 4.69) is 0 Å². The van der Waals surface area contributed by atoms with Gasteiger partial charge in [-0.05, 0) is 13.8 Å². The Morgan fingerprint density at radius 3 is 2.86 bits per heavy atom. The molecule has 3 rings (SSSR count). The molecule has 21 heavy (non-hydrogen) atoms. The second-order valence-corrected chi connectivity index (χ2v) is 5.15. The summed E-state index contributed by atoms with van der Waals surface area (Å²) in [5, 5.41) is 9.01. The van der Waals surface area contributed by atoms with Crippen molar-refractivity contribution in [2.75, 3.05) is 12.3 Å². The number of hydrogen-bond donors (Lipinski definition) is 2. The Morgan fingerprint density at radius 2 is 2.24 bits per heavy atom. The van der Waals surface area contributed by atoms with Crippen molar-refractivity contribution in [2.24, 2.45) is 0 Å². The fourth-order valence-corrected chi connectivity index (χ4v) is 2.66. The second kappa shape index (κ2) is 4.21. The van der Waals surface area contributed by atoms with Crippen molar-refractivity contribution in [1.82, 2.24) is 4.57 Å². The molecule has 0 radical (unpaired) electrons. The van der Waals surface area contributed by atoms with E-state index in [1.54, 1.807) is 4.57 Å². The lowest BCUT2D eigenvalue weighted by molar-refractivity contribution is 0.0694. The highest BCUT2D eigenvalue weighted by Gasteiger charge is 2.28. The Bertz CT molecular complexity index is 857. The zero-order valence-corrected chi connectivity index (χ0v) is 11.4. The Labute approximate surface area is 118 Å². The number of hydrogen-bond acceptors (Lipinski definition) is 4. The number of nitrogen functional groups attached to an aromatic ring is 1. The molecule has 0 saturated heterocycles. The van der Waals surface area contributed by atoms with Crippen molar-refractivity contribution >= 4 is 22.6 Å². The highest BCUT2D eigenvalue weighted by atomic mass is 19.1. The lowest BCUT2D eigenvalue weighted by Crippen LogP contribution is -2.27. The maximum absolute atomic E-state index is 14.2. The van der Waals surface area contributed by atoms with E-state index in [1.807, 2.05) is 6.92 Å². The summed E-state index contributed by atoms with van der Waals surface area (Å²) in [6.07, 6.45) is 1.26. The van der Waals surface area contributed by atoms with Crippen molar-refractivity contribution in [2.45, 2.75) is 19.9 Å². The summed E-state index contributed by atoms with van der Waals surface area (Å²) in [4.78, 5) is 23.5. The number of aromatic nitrogens is 1. The number of nitrogens with zero attached hydrogens (tertiary/aromatic N) is 1. The van der Waals surface area contributed by atoms with E-state index in [4.69, 9.17) is 15.6 Å². The van der Waals surface area contributed by atoms with Crippen LogP contribution in [0.4, 0.5) is 10.1 Å². The van der Waals surface area contributed by atoms with Gasteiger partial charge in [0.15, 0.2) is 5.82 Å². The minimum Gasteiger partial charge on any atom is -0.489 e. The third kappa shape index (κ3) is 1.63. The van der Waals surface area contributed by atoms with Crippen LogP contribution < -0.4 is 15.9 Å². The van der Waals surface area contributed by atoms with Crippen molar-refractivity contribution in [3.05, 3.63) is 33.4 Å². The average molecular weight is 292 g/mol. The zero-order valence-electron chi connectivity index (χ0n) is 11.4. The molecule has 3 N–H and O–H groups in total. The largest absolute Gasteiger partial charge is 0.489 e. The van der Waals surface area contributed by atoms with Gasteiger partial charge < -0.3 is 20.1 Å². The van der Waals surface area contributed by atoms with Gasteiger partial charge in [0.1, 0.15) is 17.9 Å². The Hall–Kier alpha value is -2.57. The predicted octanol–water partition coefficient (Wildman–Crippen LogP) is 1.68. The van der Waals surface area contributed by atoms with E-state index < -0.39 is 22.8 Å². The molecule has 0 bridgehead atoms. The van der Waals surface area contributed by atoms with Gasteiger partial charge in [-0.3, -0.25) is 4.79 Å². The smallest absolute Gasteiger partial charge is 0.341 e. The summed E-state index contributed by atoms with van der Waals surface area (Å²) in [6, 6.07) is -0.192. The molecule has 1 atom stereocenters. The summed E-state index contributed by atoms with van der Waals surface area (Å²) in [5.41, 5.74) is 4.70. The standard InChI is InChI=1S/C14H13FN2O4/c1-5-4-21-13-6(2)9(15)10(16)8-11(13)17(5)3-7(12(8)18)14(19)20/h3,5H,4,16H2,1-2H3,(H,19,20)/t5-/m0/s1. The molecule has 0 saturated carbocycles. The number of halogens is 1. The molecule has 0 aliphatic carbocycles. The molecule has 0 fully saturated rings. The van der Waals surface area contributed by atoms with Crippen molar-refractivity contribution in [1.29, 1.82) is 0 Å². The molecule has 2 aromatic rings. The summed E-state index contributed by atoms with van der Waals surface area (Å²) in [5.74, 6) is -1.88. The topological polar surface area (TPSA) is 94.5 Å². The van der Waals surface area contributed by atoms with Gasteiger partial charge in [0.05, 0.1) is 22.6 Å². The molecule has 7 heteroatoms. The van der Waals surface area contributed by atoms with Gasteiger partial charge >= 0.3 is 5.97 Å². The van der Waals surface area contributed by atoms with Crippen LogP contribution in [0.2, 0.25) is 0 Å². The number of carboxylic acid groups (broad SMARTS) is 1. The van der Waals surface area contributed by atoms with Crippen LogP contribution in [-0.2, 0) is 0 Å². The third-order valence-corrected chi connectivity index (χ3v) is 3.80. The van der Waals surface area contributed by atoms with Crippen LogP contribution in [0.5, 0.6) is 5.75 Å². The Kier molecular flexibility index (Phi) is 2.69. The summed E-state index contributed by atoms with van der Waals surface area (Å²) < 4.78 is 21.3. The molecule has 1 aliphatic heterocycles. The van der Waals surface area contributed by atoms with E-state index >= 15 is 0 Å². The van der Waals surface area contributed by atoms with Crippen molar-refractivity contribution in [3.8, 4) is 5.75 Å². The lowest BCUT2D eigenvalue weighted by atomic mass is 10.0. The van der Waals surface area contributed by atoms with Crippen LogP contribution in [0, 0.1) is 12.7 Å². The van der Waals surface area contributed by atoms with E-state index in [1.165, 1.54) is 13.1 Å². The summed E-state index contributed by atoms with van der Waals surface area (Å²) >= 11 is 0. The van der Waals surface area contributed by atoms with Gasteiger partial charge in [-0.2, -0.15) is 0 Å². The average Bonchev–Trinajstić information content (AvgIpc) is 2.43. The number of carbonyl (C=O) groups is 1. The highest BCUT2D eigenvalue weighted by molar-refractivity contribution is 6.00. The Morgan fingerprint density at radius 1 is 1.57 bits per heavy atom. The summed E-state index contributed by atoms with van der Waals surface area (Å²) in [7, 11) is 0. The van der Waals surface area contributed by atoms with Gasteiger partial charge in [0.2, 0.25) is 5.43 Å². The minimum absolute atomic E-state index is 0.139. The van der Waals surface area contributed by atoms with E-state index in [0.717, 1.165) is 0 Å². The maximum atomic E-state index is 14.2.